The molecular formula is C15H17F4NO. The van der Waals surface area contributed by atoms with Crippen molar-refractivity contribution in [2.75, 3.05) is 13.1 Å². The number of alkyl halides is 3. The Hall–Kier alpha value is -1.43. The van der Waals surface area contributed by atoms with E-state index in [9.17, 15) is 22.4 Å². The second-order valence-corrected chi connectivity index (χ2v) is 5.35. The Kier molecular flexibility index (Phi) is 4.98. The molecule has 0 aromatic heterocycles. The molecule has 1 N–H and O–H groups in total. The van der Waals surface area contributed by atoms with Gasteiger partial charge in [-0.05, 0) is 50.4 Å². The van der Waals surface area contributed by atoms with Crippen molar-refractivity contribution < 1.29 is 22.4 Å². The van der Waals surface area contributed by atoms with E-state index in [0.717, 1.165) is 32.0 Å². The molecule has 0 bridgehead atoms. The lowest BCUT2D eigenvalue weighted by atomic mass is 9.91. The Labute approximate surface area is 120 Å². The van der Waals surface area contributed by atoms with Gasteiger partial charge in [-0.2, -0.15) is 13.2 Å². The highest BCUT2D eigenvalue weighted by molar-refractivity contribution is 5.96. The number of halogens is 4. The molecule has 0 saturated carbocycles. The van der Waals surface area contributed by atoms with Crippen LogP contribution < -0.4 is 5.32 Å². The average Bonchev–Trinajstić information content (AvgIpc) is 2.44. The first-order valence-electron chi connectivity index (χ1n) is 6.98. The molecule has 1 fully saturated rings. The SMILES string of the molecule is O=C(CCC1CCNCC1)c1ccc(C(F)(F)F)c(F)c1. The van der Waals surface area contributed by atoms with Crippen LogP contribution in [0.3, 0.4) is 0 Å². The second kappa shape index (κ2) is 6.56. The van der Waals surface area contributed by atoms with Gasteiger partial charge in [0.15, 0.2) is 5.78 Å². The standard InChI is InChI=1S/C15H17F4NO/c16-13-9-11(2-3-12(13)15(17,18)19)14(21)4-1-10-5-7-20-8-6-10/h2-3,9-10,20H,1,4-8H2. The molecule has 0 radical (unpaired) electrons. The van der Waals surface area contributed by atoms with Crippen LogP contribution in [0.1, 0.15) is 41.6 Å². The maximum atomic E-state index is 13.4. The van der Waals surface area contributed by atoms with E-state index in [1.165, 1.54) is 0 Å². The number of carbonyl (C=O) groups excluding carboxylic acids is 1. The number of benzene rings is 1. The molecule has 0 atom stereocenters. The van der Waals surface area contributed by atoms with Crippen molar-refractivity contribution in [3.63, 3.8) is 0 Å². The highest BCUT2D eigenvalue weighted by Crippen LogP contribution is 2.31. The van der Waals surface area contributed by atoms with Crippen LogP contribution >= 0.6 is 0 Å². The second-order valence-electron chi connectivity index (χ2n) is 5.35. The molecular weight excluding hydrogens is 286 g/mol. The Bertz CT molecular complexity index is 507. The lowest BCUT2D eigenvalue weighted by Crippen LogP contribution is -2.28. The maximum absolute atomic E-state index is 13.4. The lowest BCUT2D eigenvalue weighted by Gasteiger charge is -2.22. The number of hydrogen-bond acceptors (Lipinski definition) is 2. The number of piperidine rings is 1. The number of carbonyl (C=O) groups is 1. The fourth-order valence-corrected chi connectivity index (χ4v) is 2.57. The number of ketones is 1. The Morgan fingerprint density at radius 1 is 1.24 bits per heavy atom. The van der Waals surface area contributed by atoms with Crippen molar-refractivity contribution in [2.24, 2.45) is 5.92 Å². The van der Waals surface area contributed by atoms with Crippen molar-refractivity contribution in [1.29, 1.82) is 0 Å². The van der Waals surface area contributed by atoms with Gasteiger partial charge in [-0.15, -0.1) is 0 Å². The molecule has 0 amide bonds. The van der Waals surface area contributed by atoms with Gasteiger partial charge < -0.3 is 5.32 Å². The first-order chi connectivity index (χ1) is 9.88. The van der Waals surface area contributed by atoms with Crippen LogP contribution in [0.5, 0.6) is 0 Å². The Morgan fingerprint density at radius 3 is 2.48 bits per heavy atom. The summed E-state index contributed by atoms with van der Waals surface area (Å²) in [4.78, 5) is 11.9. The smallest absolute Gasteiger partial charge is 0.317 e. The van der Waals surface area contributed by atoms with Gasteiger partial charge in [0.1, 0.15) is 5.82 Å². The molecule has 0 aliphatic carbocycles. The van der Waals surface area contributed by atoms with Crippen LogP contribution in [-0.2, 0) is 6.18 Å². The fourth-order valence-electron chi connectivity index (χ4n) is 2.57. The van der Waals surface area contributed by atoms with E-state index < -0.39 is 17.6 Å². The minimum Gasteiger partial charge on any atom is -0.317 e. The predicted molar refractivity (Wildman–Crippen MR) is 70.6 cm³/mol. The first kappa shape index (κ1) is 15.9. The largest absolute Gasteiger partial charge is 0.419 e. The third-order valence-corrected chi connectivity index (χ3v) is 3.83. The molecule has 116 valence electrons. The van der Waals surface area contributed by atoms with Crippen LogP contribution in [-0.4, -0.2) is 18.9 Å². The molecule has 2 nitrogen and oxygen atoms in total. The topological polar surface area (TPSA) is 29.1 Å². The van der Waals surface area contributed by atoms with Gasteiger partial charge >= 0.3 is 6.18 Å². The van der Waals surface area contributed by atoms with E-state index in [-0.39, 0.29) is 17.8 Å². The van der Waals surface area contributed by atoms with E-state index in [1.807, 2.05) is 0 Å². The third-order valence-electron chi connectivity index (χ3n) is 3.83. The van der Waals surface area contributed by atoms with Crippen molar-refractivity contribution in [3.05, 3.63) is 35.1 Å². The summed E-state index contributed by atoms with van der Waals surface area (Å²) < 4.78 is 50.7. The summed E-state index contributed by atoms with van der Waals surface area (Å²) in [7, 11) is 0. The van der Waals surface area contributed by atoms with Gasteiger partial charge in [-0.1, -0.05) is 6.07 Å². The minimum absolute atomic E-state index is 0.00874. The molecule has 2 rings (SSSR count). The van der Waals surface area contributed by atoms with Gasteiger partial charge in [0.25, 0.3) is 0 Å². The summed E-state index contributed by atoms with van der Waals surface area (Å²) in [5, 5.41) is 3.22. The maximum Gasteiger partial charge on any atom is 0.419 e. The van der Waals surface area contributed by atoms with E-state index >= 15 is 0 Å². The van der Waals surface area contributed by atoms with Crippen molar-refractivity contribution in [2.45, 2.75) is 31.9 Å². The highest BCUT2D eigenvalue weighted by Gasteiger charge is 2.34. The zero-order valence-electron chi connectivity index (χ0n) is 11.5. The van der Waals surface area contributed by atoms with Crippen molar-refractivity contribution in [1.82, 2.24) is 5.32 Å². The molecule has 21 heavy (non-hydrogen) atoms. The summed E-state index contributed by atoms with van der Waals surface area (Å²) in [6.45, 7) is 1.85. The molecule has 1 aromatic carbocycles. The summed E-state index contributed by atoms with van der Waals surface area (Å²) in [6.07, 6.45) is -1.80. The summed E-state index contributed by atoms with van der Waals surface area (Å²) in [6, 6.07) is 2.37. The molecule has 1 aliphatic rings. The normalized spacial score (nSPS) is 17.0. The van der Waals surface area contributed by atoms with Gasteiger partial charge in [0.2, 0.25) is 0 Å². The van der Waals surface area contributed by atoms with Crippen LogP contribution in [0.15, 0.2) is 18.2 Å². The number of hydrogen-bond donors (Lipinski definition) is 1. The summed E-state index contributed by atoms with van der Waals surface area (Å²) in [5.74, 6) is -1.24. The summed E-state index contributed by atoms with van der Waals surface area (Å²) in [5.41, 5.74) is -1.33. The van der Waals surface area contributed by atoms with Crippen LogP contribution in [0, 0.1) is 11.7 Å². The molecule has 1 aromatic rings. The number of Topliss-reactive ketones (excluding diaryl/α,β-unsaturated/α-hetero) is 1. The van der Waals surface area contributed by atoms with Crippen molar-refractivity contribution >= 4 is 5.78 Å². The van der Waals surface area contributed by atoms with Crippen molar-refractivity contribution in [3.8, 4) is 0 Å². The van der Waals surface area contributed by atoms with Gasteiger partial charge in [0.05, 0.1) is 5.56 Å². The average molecular weight is 303 g/mol. The van der Waals surface area contributed by atoms with Crippen LogP contribution in [0.4, 0.5) is 17.6 Å². The quantitative estimate of drug-likeness (QED) is 0.677. The van der Waals surface area contributed by atoms with E-state index in [0.29, 0.717) is 24.5 Å². The fraction of sp³-hybridized carbons (Fsp3) is 0.533. The monoisotopic (exact) mass is 303 g/mol. The zero-order chi connectivity index (χ0) is 15.5. The number of rotatable bonds is 4. The summed E-state index contributed by atoms with van der Waals surface area (Å²) >= 11 is 0. The molecule has 6 heteroatoms. The molecule has 0 unspecified atom stereocenters. The zero-order valence-corrected chi connectivity index (χ0v) is 11.5. The van der Waals surface area contributed by atoms with E-state index in [4.69, 9.17) is 0 Å². The lowest BCUT2D eigenvalue weighted by molar-refractivity contribution is -0.140. The molecule has 1 aliphatic heterocycles. The molecule has 0 spiro atoms. The Morgan fingerprint density at radius 2 is 1.90 bits per heavy atom. The molecule has 1 saturated heterocycles. The van der Waals surface area contributed by atoms with Gasteiger partial charge in [0, 0.05) is 12.0 Å². The van der Waals surface area contributed by atoms with Crippen LogP contribution in [0.2, 0.25) is 0 Å². The van der Waals surface area contributed by atoms with Gasteiger partial charge in [-0.3, -0.25) is 4.79 Å². The van der Waals surface area contributed by atoms with Gasteiger partial charge in [-0.25, -0.2) is 4.39 Å². The van der Waals surface area contributed by atoms with E-state index in [1.54, 1.807) is 0 Å². The van der Waals surface area contributed by atoms with E-state index in [2.05, 4.69) is 5.32 Å². The Balaban J connectivity index is 1.97. The first-order valence-corrected chi connectivity index (χ1v) is 6.98. The molecule has 1 heterocycles. The predicted octanol–water partition coefficient (Wildman–Crippen LogP) is 3.81. The van der Waals surface area contributed by atoms with Crippen LogP contribution in [0.25, 0.3) is 0 Å². The minimum atomic E-state index is -4.74. The third kappa shape index (κ3) is 4.27. The highest BCUT2D eigenvalue weighted by atomic mass is 19.4. The number of nitrogens with one attached hydrogen (secondary N) is 1.